The number of H-pyrrole nitrogens is 1. The molecule has 1 N–H and O–H groups in total. The molecule has 1 aromatic heterocycles. The first-order chi connectivity index (χ1) is 11.1. The van der Waals surface area contributed by atoms with Gasteiger partial charge >= 0.3 is 5.69 Å². The van der Waals surface area contributed by atoms with Gasteiger partial charge in [0, 0.05) is 24.7 Å². The summed E-state index contributed by atoms with van der Waals surface area (Å²) in [5, 5.41) is 18.8. The van der Waals surface area contributed by atoms with Gasteiger partial charge in [0.2, 0.25) is 0 Å². The number of hydrogen-bond acceptors (Lipinski definition) is 5. The van der Waals surface area contributed by atoms with Crippen LogP contribution in [0.3, 0.4) is 0 Å². The lowest BCUT2D eigenvalue weighted by atomic mass is 9.94. The van der Waals surface area contributed by atoms with Gasteiger partial charge < -0.3 is 9.64 Å². The number of benzene rings is 1. The van der Waals surface area contributed by atoms with Crippen LogP contribution < -0.4 is 9.64 Å². The van der Waals surface area contributed by atoms with Crippen LogP contribution in [0.25, 0.3) is 0 Å². The zero-order chi connectivity index (χ0) is 16.4. The van der Waals surface area contributed by atoms with Gasteiger partial charge in [-0.25, -0.2) is 0 Å². The maximum atomic E-state index is 11.5. The second-order valence-electron chi connectivity index (χ2n) is 5.85. The minimum Gasteiger partial charge on any atom is -0.490 e. The van der Waals surface area contributed by atoms with E-state index in [-0.39, 0.29) is 16.5 Å². The van der Waals surface area contributed by atoms with Crippen molar-refractivity contribution in [3.63, 3.8) is 0 Å². The first-order valence-electron chi connectivity index (χ1n) is 7.68. The number of para-hydroxylation sites is 1. The number of aromatic nitrogens is 2. The summed E-state index contributed by atoms with van der Waals surface area (Å²) in [4.78, 5) is 13.2. The van der Waals surface area contributed by atoms with Crippen molar-refractivity contribution < 1.29 is 9.66 Å². The molecular weight excluding hydrogens is 296 g/mol. The number of aromatic amines is 1. The topological polar surface area (TPSA) is 84.3 Å². The largest absolute Gasteiger partial charge is 0.490 e. The average molecular weight is 316 g/mol. The second-order valence-corrected chi connectivity index (χ2v) is 5.85. The smallest absolute Gasteiger partial charge is 0.333 e. The van der Waals surface area contributed by atoms with Crippen LogP contribution in [0, 0.1) is 17.0 Å². The van der Waals surface area contributed by atoms with Gasteiger partial charge in [0.25, 0.3) is 0 Å². The number of aryl methyl sites for hydroxylation is 1. The molecule has 1 atom stereocenters. The van der Waals surface area contributed by atoms with Crippen molar-refractivity contribution in [1.82, 2.24) is 10.2 Å². The Morgan fingerprint density at radius 3 is 2.96 bits per heavy atom. The molecule has 0 saturated carbocycles. The van der Waals surface area contributed by atoms with Gasteiger partial charge in [-0.05, 0) is 38.0 Å². The molecule has 1 aliphatic heterocycles. The summed E-state index contributed by atoms with van der Waals surface area (Å²) in [5.74, 6) is 0.574. The fourth-order valence-corrected chi connectivity index (χ4v) is 3.20. The summed E-state index contributed by atoms with van der Waals surface area (Å²) in [5.41, 5.74) is 2.71. The third-order valence-corrected chi connectivity index (χ3v) is 4.29. The fraction of sp³-hybridized carbons (Fsp3) is 0.438. The lowest BCUT2D eigenvalue weighted by molar-refractivity contribution is -0.385. The van der Waals surface area contributed by atoms with Crippen molar-refractivity contribution in [2.45, 2.75) is 25.7 Å². The number of rotatable bonds is 4. The van der Waals surface area contributed by atoms with Gasteiger partial charge in [-0.15, -0.1) is 0 Å². The van der Waals surface area contributed by atoms with E-state index in [9.17, 15) is 10.1 Å². The molecule has 1 fully saturated rings. The van der Waals surface area contributed by atoms with Crippen molar-refractivity contribution in [2.75, 3.05) is 25.1 Å². The fourth-order valence-electron chi connectivity index (χ4n) is 3.20. The number of nitrogens with zero attached hydrogens (tertiary/aromatic N) is 3. The van der Waals surface area contributed by atoms with E-state index in [1.165, 1.54) is 7.11 Å². The third-order valence-electron chi connectivity index (χ3n) is 4.29. The number of nitro benzene ring substituents is 1. The van der Waals surface area contributed by atoms with Crippen LogP contribution in [0.4, 0.5) is 11.4 Å². The van der Waals surface area contributed by atoms with E-state index < -0.39 is 0 Å². The molecule has 0 bridgehead atoms. The molecule has 2 aromatic rings. The van der Waals surface area contributed by atoms with Crippen LogP contribution in [-0.4, -0.2) is 35.3 Å². The Kier molecular flexibility index (Phi) is 4.18. The maximum Gasteiger partial charge on any atom is 0.333 e. The molecule has 7 nitrogen and oxygen atoms in total. The van der Waals surface area contributed by atoms with Crippen LogP contribution in [0.2, 0.25) is 0 Å². The normalized spacial score (nSPS) is 18.0. The minimum atomic E-state index is -0.365. The minimum absolute atomic E-state index is 0.0360. The predicted octanol–water partition coefficient (Wildman–Crippen LogP) is 3.02. The summed E-state index contributed by atoms with van der Waals surface area (Å²) >= 11 is 0. The van der Waals surface area contributed by atoms with E-state index in [4.69, 9.17) is 4.74 Å². The van der Waals surface area contributed by atoms with Gasteiger partial charge in [0.15, 0.2) is 5.75 Å². The van der Waals surface area contributed by atoms with Crippen molar-refractivity contribution in [2.24, 2.45) is 0 Å². The molecule has 2 heterocycles. The van der Waals surface area contributed by atoms with Gasteiger partial charge in [-0.1, -0.05) is 6.07 Å². The van der Waals surface area contributed by atoms with E-state index in [0.29, 0.717) is 11.4 Å². The van der Waals surface area contributed by atoms with Gasteiger partial charge in [0.1, 0.15) is 5.69 Å². The first kappa shape index (κ1) is 15.3. The average Bonchev–Trinajstić information content (AvgIpc) is 3.00. The van der Waals surface area contributed by atoms with Crippen molar-refractivity contribution >= 4 is 11.4 Å². The molecule has 0 radical (unpaired) electrons. The lowest BCUT2D eigenvalue weighted by Crippen LogP contribution is -2.35. The molecule has 0 aliphatic carbocycles. The lowest BCUT2D eigenvalue weighted by Gasteiger charge is -2.33. The van der Waals surface area contributed by atoms with Crippen molar-refractivity contribution in [1.29, 1.82) is 0 Å². The SMILES string of the molecule is COc1cccc(N2CCC[C@@H](c3cc(C)[nH]n3)C2)c1[N+](=O)[O-]. The number of ether oxygens (including phenoxy) is 1. The zero-order valence-corrected chi connectivity index (χ0v) is 13.3. The Hall–Kier alpha value is -2.57. The molecule has 0 unspecified atom stereocenters. The van der Waals surface area contributed by atoms with Gasteiger partial charge in [-0.2, -0.15) is 5.10 Å². The van der Waals surface area contributed by atoms with Crippen LogP contribution in [0.1, 0.15) is 30.1 Å². The number of anilines is 1. The highest BCUT2D eigenvalue weighted by molar-refractivity contribution is 5.70. The molecule has 1 saturated heterocycles. The Balaban J connectivity index is 1.91. The number of methoxy groups -OCH3 is 1. The molecule has 3 rings (SSSR count). The molecule has 7 heteroatoms. The molecule has 1 aliphatic rings. The van der Waals surface area contributed by atoms with E-state index in [1.807, 2.05) is 13.0 Å². The van der Waals surface area contributed by atoms with E-state index in [1.54, 1.807) is 18.2 Å². The first-order valence-corrected chi connectivity index (χ1v) is 7.68. The third kappa shape index (κ3) is 2.99. The van der Waals surface area contributed by atoms with Crippen LogP contribution >= 0.6 is 0 Å². The number of hydrogen-bond donors (Lipinski definition) is 1. The van der Waals surface area contributed by atoms with Crippen molar-refractivity contribution in [3.05, 3.63) is 45.8 Å². The summed E-state index contributed by atoms with van der Waals surface area (Å²) in [6.45, 7) is 3.50. The Morgan fingerprint density at radius 1 is 1.48 bits per heavy atom. The number of nitrogens with one attached hydrogen (secondary N) is 1. The predicted molar refractivity (Wildman–Crippen MR) is 87.2 cm³/mol. The van der Waals surface area contributed by atoms with Crippen molar-refractivity contribution in [3.8, 4) is 5.75 Å². The van der Waals surface area contributed by atoms with Gasteiger partial charge in [0.05, 0.1) is 17.7 Å². The molecule has 23 heavy (non-hydrogen) atoms. The molecule has 1 aromatic carbocycles. The summed E-state index contributed by atoms with van der Waals surface area (Å²) in [7, 11) is 1.46. The zero-order valence-electron chi connectivity index (χ0n) is 13.3. The molecule has 0 amide bonds. The Labute approximate surface area is 134 Å². The highest BCUT2D eigenvalue weighted by atomic mass is 16.6. The number of piperidine rings is 1. The van der Waals surface area contributed by atoms with E-state index in [0.717, 1.165) is 37.3 Å². The summed E-state index contributed by atoms with van der Waals surface area (Å²) < 4.78 is 5.17. The van der Waals surface area contributed by atoms with E-state index in [2.05, 4.69) is 15.1 Å². The van der Waals surface area contributed by atoms with Crippen LogP contribution in [-0.2, 0) is 0 Å². The van der Waals surface area contributed by atoms with Crippen LogP contribution in [0.5, 0.6) is 5.75 Å². The molecule has 0 spiro atoms. The van der Waals surface area contributed by atoms with E-state index >= 15 is 0 Å². The maximum absolute atomic E-state index is 11.5. The summed E-state index contributed by atoms with van der Waals surface area (Å²) in [6.07, 6.45) is 2.02. The van der Waals surface area contributed by atoms with Crippen LogP contribution in [0.15, 0.2) is 24.3 Å². The highest BCUT2D eigenvalue weighted by Crippen LogP contribution is 2.39. The highest BCUT2D eigenvalue weighted by Gasteiger charge is 2.29. The quantitative estimate of drug-likeness (QED) is 0.692. The summed E-state index contributed by atoms with van der Waals surface area (Å²) in [6, 6.07) is 7.26. The molecular formula is C16H20N4O3. The second kappa shape index (κ2) is 6.28. The Bertz CT molecular complexity index is 713. The standard InChI is InChI=1S/C16H20N4O3/c1-11-9-13(18-17-11)12-5-4-8-19(10-12)14-6-3-7-15(23-2)16(14)20(21)22/h3,6-7,9,12H,4-5,8,10H2,1-2H3,(H,17,18)/t12-/m1/s1. The monoisotopic (exact) mass is 316 g/mol. The molecule has 122 valence electrons. The Morgan fingerprint density at radius 2 is 2.30 bits per heavy atom. The van der Waals surface area contributed by atoms with Gasteiger partial charge in [-0.3, -0.25) is 15.2 Å². The number of nitro groups is 1.